The average Bonchev–Trinajstić information content (AvgIpc) is 3.42. The Hall–Kier alpha value is -4.84. The second-order valence-electron chi connectivity index (χ2n) is 11.1. The van der Waals surface area contributed by atoms with Crippen molar-refractivity contribution in [1.29, 1.82) is 0 Å². The fourth-order valence-electron chi connectivity index (χ4n) is 5.84. The molecule has 6 rings (SSSR count). The first-order valence-electron chi connectivity index (χ1n) is 14.7. The zero-order valence-corrected chi connectivity index (χ0v) is 25.7. The largest absolute Gasteiger partial charge is 0.455 e. The number of carbonyl (C=O) groups is 2. The van der Waals surface area contributed by atoms with Crippen LogP contribution >= 0.6 is 0 Å². The zero-order valence-electron chi connectivity index (χ0n) is 24.8. The van der Waals surface area contributed by atoms with Gasteiger partial charge in [-0.25, -0.2) is 12.8 Å². The Bertz CT molecular complexity index is 2030. The molecular weight excluding hydrogens is 597 g/mol. The molecule has 0 bridgehead atoms. The molecule has 1 fully saturated rings. The summed E-state index contributed by atoms with van der Waals surface area (Å²) in [5.41, 5.74) is 4.35. The summed E-state index contributed by atoms with van der Waals surface area (Å²) < 4.78 is 48.1. The number of anilines is 1. The molecule has 0 radical (unpaired) electrons. The van der Waals surface area contributed by atoms with Crippen molar-refractivity contribution in [2.75, 3.05) is 30.6 Å². The maximum absolute atomic E-state index is 13.7. The Morgan fingerprint density at radius 1 is 1.04 bits per heavy atom. The number of aromatic nitrogens is 2. The smallest absolute Gasteiger partial charge is 0.255 e. The molecule has 1 atom stereocenters. The van der Waals surface area contributed by atoms with Crippen molar-refractivity contribution in [3.05, 3.63) is 89.5 Å². The summed E-state index contributed by atoms with van der Waals surface area (Å²) in [6, 6.07) is 14.6. The van der Waals surface area contributed by atoms with E-state index >= 15 is 0 Å². The van der Waals surface area contributed by atoms with E-state index in [2.05, 4.69) is 20.0 Å². The minimum absolute atomic E-state index is 0.0485. The van der Waals surface area contributed by atoms with Crippen molar-refractivity contribution in [3.8, 4) is 11.3 Å². The van der Waals surface area contributed by atoms with E-state index in [4.69, 9.17) is 4.42 Å². The van der Waals surface area contributed by atoms with Gasteiger partial charge in [0.1, 0.15) is 17.2 Å². The Balaban J connectivity index is 1.38. The van der Waals surface area contributed by atoms with E-state index in [0.29, 0.717) is 59.2 Å². The van der Waals surface area contributed by atoms with E-state index in [-0.39, 0.29) is 35.3 Å². The molecule has 2 aromatic heterocycles. The highest BCUT2D eigenvalue weighted by molar-refractivity contribution is 7.92. The molecule has 1 aliphatic heterocycles. The fourth-order valence-corrected chi connectivity index (χ4v) is 6.50. The molecule has 0 unspecified atom stereocenters. The predicted molar refractivity (Wildman–Crippen MR) is 170 cm³/mol. The average molecular weight is 630 g/mol. The monoisotopic (exact) mass is 629 g/mol. The van der Waals surface area contributed by atoms with Gasteiger partial charge < -0.3 is 14.6 Å². The van der Waals surface area contributed by atoms with Crippen LogP contribution in [0.1, 0.15) is 47.2 Å². The predicted octanol–water partition coefficient (Wildman–Crippen LogP) is 5.25. The van der Waals surface area contributed by atoms with Gasteiger partial charge in [0.25, 0.3) is 5.91 Å². The number of benzene rings is 3. The normalized spacial score (nSPS) is 15.4. The van der Waals surface area contributed by atoms with Crippen LogP contribution in [-0.4, -0.2) is 61.0 Å². The van der Waals surface area contributed by atoms with Gasteiger partial charge in [-0.1, -0.05) is 6.07 Å². The SMILES string of the molecule is CCS(=O)(=O)Nc1cc2oc(-c3ccc(F)cc3)c(C(=O)NC)c2cc1[C@H]1CCCN(C(=O)Cc2ccc3nccnc3c2)C1. The number of amides is 2. The number of hydrogen-bond donors (Lipinski definition) is 2. The highest BCUT2D eigenvalue weighted by atomic mass is 32.2. The van der Waals surface area contributed by atoms with E-state index in [0.717, 1.165) is 11.1 Å². The summed E-state index contributed by atoms with van der Waals surface area (Å²) in [7, 11) is -2.17. The van der Waals surface area contributed by atoms with Gasteiger partial charge in [0.2, 0.25) is 15.9 Å². The molecule has 10 nitrogen and oxygen atoms in total. The first-order chi connectivity index (χ1) is 21.7. The van der Waals surface area contributed by atoms with Crippen LogP contribution in [0.2, 0.25) is 0 Å². The van der Waals surface area contributed by atoms with Gasteiger partial charge in [-0.2, -0.15) is 0 Å². The molecule has 2 N–H and O–H groups in total. The highest BCUT2D eigenvalue weighted by Gasteiger charge is 2.30. The minimum atomic E-state index is -3.68. The first-order valence-corrected chi connectivity index (χ1v) is 16.4. The van der Waals surface area contributed by atoms with E-state index in [9.17, 15) is 22.4 Å². The van der Waals surface area contributed by atoms with Crippen LogP contribution < -0.4 is 10.0 Å². The van der Waals surface area contributed by atoms with Crippen LogP contribution in [0, 0.1) is 5.82 Å². The molecule has 1 aliphatic rings. The topological polar surface area (TPSA) is 134 Å². The Labute approximate surface area is 259 Å². The van der Waals surface area contributed by atoms with Gasteiger partial charge in [0.15, 0.2) is 0 Å². The van der Waals surface area contributed by atoms with Crippen LogP contribution in [0.4, 0.5) is 10.1 Å². The summed E-state index contributed by atoms with van der Waals surface area (Å²) in [5, 5.41) is 3.14. The molecule has 0 saturated carbocycles. The Kier molecular flexibility index (Phi) is 8.24. The molecule has 0 aliphatic carbocycles. The second-order valence-corrected chi connectivity index (χ2v) is 13.1. The first kappa shape index (κ1) is 30.2. The summed E-state index contributed by atoms with van der Waals surface area (Å²) >= 11 is 0. The molecule has 45 heavy (non-hydrogen) atoms. The van der Waals surface area contributed by atoms with Gasteiger partial charge in [-0.3, -0.25) is 24.3 Å². The molecule has 5 aromatic rings. The number of fused-ring (bicyclic) bond motifs is 2. The maximum Gasteiger partial charge on any atom is 0.255 e. The number of hydrogen-bond acceptors (Lipinski definition) is 7. The van der Waals surface area contributed by atoms with Crippen molar-refractivity contribution < 1.29 is 26.8 Å². The molecule has 0 spiro atoms. The summed E-state index contributed by atoms with van der Waals surface area (Å²) in [6.45, 7) is 2.49. The van der Waals surface area contributed by atoms with Crippen LogP contribution in [-0.2, 0) is 21.2 Å². The summed E-state index contributed by atoms with van der Waals surface area (Å²) in [5.74, 6) is -0.995. The number of halogens is 1. The van der Waals surface area contributed by atoms with Gasteiger partial charge >= 0.3 is 0 Å². The van der Waals surface area contributed by atoms with Gasteiger partial charge in [-0.05, 0) is 73.4 Å². The number of likely N-dealkylation sites (tertiary alicyclic amines) is 1. The van der Waals surface area contributed by atoms with E-state index in [1.54, 1.807) is 36.4 Å². The third-order valence-electron chi connectivity index (χ3n) is 8.17. The van der Waals surface area contributed by atoms with Gasteiger partial charge in [-0.15, -0.1) is 0 Å². The van der Waals surface area contributed by atoms with Gasteiger partial charge in [0.05, 0.1) is 34.5 Å². The Morgan fingerprint density at radius 2 is 1.80 bits per heavy atom. The maximum atomic E-state index is 13.7. The molecule has 2 amide bonds. The summed E-state index contributed by atoms with van der Waals surface area (Å²) in [4.78, 5) is 37.1. The number of furan rings is 1. The molecule has 232 valence electrons. The van der Waals surface area contributed by atoms with Crippen molar-refractivity contribution in [1.82, 2.24) is 20.2 Å². The van der Waals surface area contributed by atoms with E-state index < -0.39 is 21.7 Å². The van der Waals surface area contributed by atoms with E-state index in [1.807, 2.05) is 18.2 Å². The van der Waals surface area contributed by atoms with Crippen LogP contribution in [0.25, 0.3) is 33.3 Å². The van der Waals surface area contributed by atoms with Crippen LogP contribution in [0.5, 0.6) is 0 Å². The molecule has 12 heteroatoms. The molecule has 3 aromatic carbocycles. The van der Waals surface area contributed by atoms with Crippen molar-refractivity contribution in [3.63, 3.8) is 0 Å². The molecule has 1 saturated heterocycles. The standard InChI is InChI=1S/C33H32FN5O5S/c1-3-45(42,43)38-27-18-29-25(31(33(41)35-2)32(44-29)21-7-9-23(34)10-8-21)17-24(27)22-5-4-14-39(19-22)30(40)16-20-6-11-26-28(15-20)37-13-12-36-26/h6-13,15,17-18,22,38H,3-5,14,16,19H2,1-2H3,(H,35,41)/t22-/m0/s1. The number of rotatable bonds is 8. The lowest BCUT2D eigenvalue weighted by atomic mass is 9.88. The fraction of sp³-hybridized carbons (Fsp3) is 0.273. The second kappa shape index (κ2) is 12.3. The quantitative estimate of drug-likeness (QED) is 0.239. The van der Waals surface area contributed by atoms with Crippen molar-refractivity contribution in [2.45, 2.75) is 32.1 Å². The van der Waals surface area contributed by atoms with Crippen molar-refractivity contribution >= 4 is 49.5 Å². The van der Waals surface area contributed by atoms with Gasteiger partial charge in [0, 0.05) is 55.5 Å². The van der Waals surface area contributed by atoms with E-state index in [1.165, 1.54) is 31.3 Å². The van der Waals surface area contributed by atoms with Crippen molar-refractivity contribution in [2.24, 2.45) is 0 Å². The lowest BCUT2D eigenvalue weighted by molar-refractivity contribution is -0.131. The molecular formula is C33H32FN5O5S. The lowest BCUT2D eigenvalue weighted by Crippen LogP contribution is -2.40. The number of nitrogens with one attached hydrogen (secondary N) is 2. The minimum Gasteiger partial charge on any atom is -0.455 e. The number of piperidine rings is 1. The van der Waals surface area contributed by atoms with Crippen LogP contribution in [0.15, 0.2) is 71.4 Å². The summed E-state index contributed by atoms with van der Waals surface area (Å²) in [6.07, 6.45) is 4.85. The number of sulfonamides is 1. The number of carbonyl (C=O) groups excluding carboxylic acids is 2. The third-order valence-corrected chi connectivity index (χ3v) is 9.46. The third kappa shape index (κ3) is 6.23. The highest BCUT2D eigenvalue weighted by Crippen LogP contribution is 2.41. The van der Waals surface area contributed by atoms with Crippen LogP contribution in [0.3, 0.4) is 0 Å². The zero-order chi connectivity index (χ0) is 31.7. The lowest BCUT2D eigenvalue weighted by Gasteiger charge is -2.34. The molecule has 3 heterocycles. The Morgan fingerprint density at radius 3 is 2.53 bits per heavy atom. The number of nitrogens with zero attached hydrogens (tertiary/aromatic N) is 3.